The molecular formula is C8H15Br3. The van der Waals surface area contributed by atoms with Crippen molar-refractivity contribution in [1.82, 2.24) is 0 Å². The van der Waals surface area contributed by atoms with Gasteiger partial charge >= 0.3 is 0 Å². The summed E-state index contributed by atoms with van der Waals surface area (Å²) in [4.78, 5) is 1.36. The zero-order chi connectivity index (χ0) is 8.69. The van der Waals surface area contributed by atoms with Gasteiger partial charge in [-0.15, -0.1) is 0 Å². The lowest BCUT2D eigenvalue weighted by atomic mass is 10.1. The lowest BCUT2D eigenvalue weighted by Gasteiger charge is -2.12. The van der Waals surface area contributed by atoms with Crippen LogP contribution < -0.4 is 0 Å². The van der Waals surface area contributed by atoms with Crippen LogP contribution in [0.2, 0.25) is 0 Å². The van der Waals surface area contributed by atoms with Gasteiger partial charge in [-0.2, -0.15) is 0 Å². The van der Waals surface area contributed by atoms with Crippen LogP contribution in [0.1, 0.15) is 32.6 Å². The maximum absolute atomic E-state index is 3.66. The lowest BCUT2D eigenvalue weighted by Crippen LogP contribution is -2.07. The van der Waals surface area contributed by atoms with Crippen LogP contribution >= 0.6 is 47.8 Å². The summed E-state index contributed by atoms with van der Waals surface area (Å²) < 4.78 is 0. The summed E-state index contributed by atoms with van der Waals surface area (Å²) >= 11 is 10.7. The van der Waals surface area contributed by atoms with Gasteiger partial charge in [-0.05, 0) is 19.3 Å². The van der Waals surface area contributed by atoms with Crippen LogP contribution in [0, 0.1) is 0 Å². The highest BCUT2D eigenvalue weighted by Gasteiger charge is 2.09. The number of alkyl halides is 3. The Morgan fingerprint density at radius 2 is 1.64 bits per heavy atom. The number of hydrogen-bond acceptors (Lipinski definition) is 0. The summed E-state index contributed by atoms with van der Waals surface area (Å²) in [6.45, 7) is 2.22. The molecule has 0 heterocycles. The van der Waals surface area contributed by atoms with E-state index in [0.717, 1.165) is 5.33 Å². The molecule has 0 aliphatic carbocycles. The molecule has 2 unspecified atom stereocenters. The Kier molecular flexibility index (Phi) is 9.11. The fourth-order valence-corrected chi connectivity index (χ4v) is 4.20. The van der Waals surface area contributed by atoms with Crippen LogP contribution in [0.15, 0.2) is 0 Å². The quantitative estimate of drug-likeness (QED) is 0.619. The Bertz CT molecular complexity index is 75.4. The van der Waals surface area contributed by atoms with Gasteiger partial charge in [0, 0.05) is 15.0 Å². The molecule has 2 atom stereocenters. The summed E-state index contributed by atoms with van der Waals surface area (Å²) in [7, 11) is 0. The third-order valence-corrected chi connectivity index (χ3v) is 3.66. The van der Waals surface area contributed by atoms with E-state index < -0.39 is 0 Å². The van der Waals surface area contributed by atoms with Crippen LogP contribution in [0.3, 0.4) is 0 Å². The monoisotopic (exact) mass is 348 g/mol. The van der Waals surface area contributed by atoms with Gasteiger partial charge in [-0.25, -0.2) is 0 Å². The minimum absolute atomic E-state index is 0.665. The Hall–Kier alpha value is 1.44. The van der Waals surface area contributed by atoms with Crippen molar-refractivity contribution in [1.29, 1.82) is 0 Å². The zero-order valence-corrected chi connectivity index (χ0v) is 11.6. The first-order valence-electron chi connectivity index (χ1n) is 4.04. The van der Waals surface area contributed by atoms with Crippen LogP contribution in [0.4, 0.5) is 0 Å². The summed E-state index contributed by atoms with van der Waals surface area (Å²) in [6.07, 6.45) is 5.00. The van der Waals surface area contributed by atoms with E-state index >= 15 is 0 Å². The minimum atomic E-state index is 0.665. The number of hydrogen-bond donors (Lipinski definition) is 0. The van der Waals surface area contributed by atoms with Crippen molar-refractivity contribution in [2.24, 2.45) is 0 Å². The van der Waals surface area contributed by atoms with Crippen molar-refractivity contribution in [3.8, 4) is 0 Å². The predicted molar refractivity (Wildman–Crippen MR) is 63.4 cm³/mol. The van der Waals surface area contributed by atoms with Crippen molar-refractivity contribution >= 4 is 47.8 Å². The van der Waals surface area contributed by atoms with Crippen LogP contribution in [-0.2, 0) is 0 Å². The molecule has 0 aromatic rings. The van der Waals surface area contributed by atoms with Gasteiger partial charge in [0.15, 0.2) is 0 Å². The average Bonchev–Trinajstić information content (AvgIpc) is 1.87. The van der Waals surface area contributed by atoms with Gasteiger partial charge in [0.1, 0.15) is 0 Å². The molecule has 0 saturated carbocycles. The van der Waals surface area contributed by atoms with E-state index in [2.05, 4.69) is 54.7 Å². The average molecular weight is 351 g/mol. The third kappa shape index (κ3) is 7.79. The maximum atomic E-state index is 3.66. The van der Waals surface area contributed by atoms with E-state index in [1.54, 1.807) is 0 Å². The summed E-state index contributed by atoms with van der Waals surface area (Å²) in [5, 5.41) is 1.09. The van der Waals surface area contributed by atoms with E-state index in [-0.39, 0.29) is 0 Å². The molecule has 0 fully saturated rings. The van der Waals surface area contributed by atoms with Gasteiger partial charge < -0.3 is 0 Å². The smallest absolute Gasteiger partial charge is 0.0164 e. The highest BCUT2D eigenvalue weighted by atomic mass is 79.9. The lowest BCUT2D eigenvalue weighted by molar-refractivity contribution is 0.667. The van der Waals surface area contributed by atoms with Gasteiger partial charge in [0.2, 0.25) is 0 Å². The fraction of sp³-hybridized carbons (Fsp3) is 1.00. The highest BCUT2D eigenvalue weighted by Crippen LogP contribution is 2.21. The summed E-state index contributed by atoms with van der Waals surface area (Å²) in [5.41, 5.74) is 0. The van der Waals surface area contributed by atoms with Crippen molar-refractivity contribution in [3.63, 3.8) is 0 Å². The maximum Gasteiger partial charge on any atom is 0.0164 e. The first kappa shape index (κ1) is 12.4. The van der Waals surface area contributed by atoms with Crippen LogP contribution in [0.5, 0.6) is 0 Å². The molecule has 0 radical (unpaired) electrons. The van der Waals surface area contributed by atoms with E-state index in [4.69, 9.17) is 0 Å². The summed E-state index contributed by atoms with van der Waals surface area (Å²) in [6, 6.07) is 0. The van der Waals surface area contributed by atoms with Crippen molar-refractivity contribution in [2.75, 3.05) is 5.33 Å². The van der Waals surface area contributed by atoms with Crippen molar-refractivity contribution in [2.45, 2.75) is 42.3 Å². The first-order chi connectivity index (χ1) is 5.20. The van der Waals surface area contributed by atoms with Crippen molar-refractivity contribution < 1.29 is 0 Å². The molecule has 0 rings (SSSR count). The molecule has 0 nitrogen and oxygen atoms in total. The predicted octanol–water partition coefficient (Wildman–Crippen LogP) is 4.49. The zero-order valence-electron chi connectivity index (χ0n) is 6.82. The van der Waals surface area contributed by atoms with E-state index in [9.17, 15) is 0 Å². The molecule has 0 aromatic carbocycles. The van der Waals surface area contributed by atoms with Gasteiger partial charge in [-0.1, -0.05) is 61.1 Å². The Morgan fingerprint density at radius 3 is 2.09 bits per heavy atom. The fourth-order valence-electron chi connectivity index (χ4n) is 0.945. The van der Waals surface area contributed by atoms with Gasteiger partial charge in [-0.3, -0.25) is 0 Å². The molecule has 0 N–H and O–H groups in total. The molecule has 0 bridgehead atoms. The highest BCUT2D eigenvalue weighted by molar-refractivity contribution is 9.10. The molecule has 0 aromatic heterocycles. The Morgan fingerprint density at radius 1 is 1.09 bits per heavy atom. The molecule has 0 spiro atoms. The van der Waals surface area contributed by atoms with E-state index in [1.165, 1.54) is 25.7 Å². The third-order valence-electron chi connectivity index (χ3n) is 1.54. The Balaban J connectivity index is 3.32. The standard InChI is InChI=1S/C8H15Br3/c1-2-3-7(10)6-8(11)4-5-9/h7-8H,2-6H2,1H3. The second-order valence-electron chi connectivity index (χ2n) is 2.70. The van der Waals surface area contributed by atoms with Gasteiger partial charge in [0.05, 0.1) is 0 Å². The second kappa shape index (κ2) is 8.06. The molecular weight excluding hydrogens is 336 g/mol. The van der Waals surface area contributed by atoms with Crippen molar-refractivity contribution in [3.05, 3.63) is 0 Å². The van der Waals surface area contributed by atoms with Crippen LogP contribution in [0.25, 0.3) is 0 Å². The first-order valence-corrected chi connectivity index (χ1v) is 7.00. The molecule has 0 amide bonds. The molecule has 11 heavy (non-hydrogen) atoms. The molecule has 0 aliphatic rings. The molecule has 0 aliphatic heterocycles. The summed E-state index contributed by atoms with van der Waals surface area (Å²) in [5.74, 6) is 0. The molecule has 3 heteroatoms. The topological polar surface area (TPSA) is 0 Å². The minimum Gasteiger partial charge on any atom is -0.0928 e. The molecule has 0 saturated heterocycles. The number of rotatable bonds is 6. The Labute approximate surface area is 94.9 Å². The second-order valence-corrected chi connectivity index (χ2v) is 6.08. The number of halogens is 3. The molecule has 68 valence electrons. The largest absolute Gasteiger partial charge is 0.0928 e. The van der Waals surface area contributed by atoms with Crippen LogP contribution in [-0.4, -0.2) is 15.0 Å². The normalized spacial score (nSPS) is 16.4. The SMILES string of the molecule is CCCC(Br)CC(Br)CCBr. The van der Waals surface area contributed by atoms with Gasteiger partial charge in [0.25, 0.3) is 0 Å². The van der Waals surface area contributed by atoms with E-state index in [0.29, 0.717) is 9.65 Å². The van der Waals surface area contributed by atoms with E-state index in [1.807, 2.05) is 0 Å².